The Morgan fingerprint density at radius 2 is 1.37 bits per heavy atom. The molecule has 0 radical (unpaired) electrons. The summed E-state index contributed by atoms with van der Waals surface area (Å²) in [5.74, 6) is 0. The number of halogens is 1. The Bertz CT molecular complexity index is 1040. The van der Waals surface area contributed by atoms with Gasteiger partial charge in [0.05, 0.1) is 15.2 Å². The van der Waals surface area contributed by atoms with Crippen LogP contribution in [-0.4, -0.2) is 38.5 Å². The molecule has 2 aliphatic rings. The van der Waals surface area contributed by atoms with Crippen molar-refractivity contribution in [2.75, 3.05) is 0 Å². The Balaban J connectivity index is 1.65. The van der Waals surface area contributed by atoms with Gasteiger partial charge >= 0.3 is 0 Å². The molecule has 2 aromatic rings. The first-order chi connectivity index (χ1) is 12.8. The minimum absolute atomic E-state index is 0.0907. The van der Waals surface area contributed by atoms with Gasteiger partial charge in [-0.05, 0) is 49.9 Å². The number of nitrogens with zero attached hydrogens (tertiary/aromatic N) is 1. The standard InChI is InChI=1S/C19H20ClNO4S2/c20-18-8-4-5-9-19(18)27(24,25)21-14-10-11-15(21)13-17(12-14)26(22,23)16-6-2-1-3-7-16/h1-9,14-15,17H,10-13H2. The van der Waals surface area contributed by atoms with Crippen molar-refractivity contribution in [3.8, 4) is 0 Å². The van der Waals surface area contributed by atoms with Gasteiger partial charge in [-0.1, -0.05) is 41.9 Å². The second-order valence-electron chi connectivity index (χ2n) is 7.10. The summed E-state index contributed by atoms with van der Waals surface area (Å²) >= 11 is 6.12. The molecule has 0 aromatic heterocycles. The fourth-order valence-corrected chi connectivity index (χ4v) is 8.56. The third-order valence-corrected chi connectivity index (χ3v) is 10.2. The van der Waals surface area contributed by atoms with Crippen molar-refractivity contribution in [3.63, 3.8) is 0 Å². The van der Waals surface area contributed by atoms with Gasteiger partial charge in [-0.2, -0.15) is 4.31 Å². The van der Waals surface area contributed by atoms with Gasteiger partial charge in [0.25, 0.3) is 0 Å². The highest BCUT2D eigenvalue weighted by Gasteiger charge is 2.50. The van der Waals surface area contributed by atoms with Crippen LogP contribution >= 0.6 is 11.6 Å². The quantitative estimate of drug-likeness (QED) is 0.751. The molecule has 0 N–H and O–H groups in total. The maximum Gasteiger partial charge on any atom is 0.245 e. The molecule has 0 aliphatic carbocycles. The van der Waals surface area contributed by atoms with Crippen LogP contribution < -0.4 is 0 Å². The molecule has 5 nitrogen and oxygen atoms in total. The zero-order valence-corrected chi connectivity index (χ0v) is 16.9. The third-order valence-electron chi connectivity index (χ3n) is 5.53. The lowest BCUT2D eigenvalue weighted by molar-refractivity contribution is 0.249. The van der Waals surface area contributed by atoms with Gasteiger partial charge in [0, 0.05) is 12.1 Å². The third kappa shape index (κ3) is 3.20. The van der Waals surface area contributed by atoms with Crippen LogP contribution in [0.2, 0.25) is 5.02 Å². The van der Waals surface area contributed by atoms with E-state index in [2.05, 4.69) is 0 Å². The number of rotatable bonds is 4. The summed E-state index contributed by atoms with van der Waals surface area (Å²) in [6, 6.07) is 14.2. The molecule has 2 fully saturated rings. The predicted octanol–water partition coefficient (Wildman–Crippen LogP) is 3.50. The predicted molar refractivity (Wildman–Crippen MR) is 104 cm³/mol. The fraction of sp³-hybridized carbons (Fsp3) is 0.368. The second kappa shape index (κ2) is 6.88. The van der Waals surface area contributed by atoms with Crippen LogP contribution in [0.15, 0.2) is 64.4 Å². The highest BCUT2D eigenvalue weighted by molar-refractivity contribution is 7.92. The van der Waals surface area contributed by atoms with Crippen molar-refractivity contribution < 1.29 is 16.8 Å². The van der Waals surface area contributed by atoms with E-state index in [4.69, 9.17) is 11.6 Å². The fourth-order valence-electron chi connectivity index (χ4n) is 4.30. The molecular weight excluding hydrogens is 406 g/mol. The number of hydrogen-bond acceptors (Lipinski definition) is 4. The Hall–Kier alpha value is -1.41. The Kier molecular flexibility index (Phi) is 4.83. The van der Waals surface area contributed by atoms with Gasteiger partial charge in [0.15, 0.2) is 9.84 Å². The van der Waals surface area contributed by atoms with Crippen LogP contribution in [0.3, 0.4) is 0 Å². The molecule has 8 heteroatoms. The highest BCUT2D eigenvalue weighted by Crippen LogP contribution is 2.43. The normalized spacial score (nSPS) is 26.2. The average molecular weight is 426 g/mol. The Morgan fingerprint density at radius 1 is 0.815 bits per heavy atom. The molecule has 2 unspecified atom stereocenters. The Morgan fingerprint density at radius 3 is 1.96 bits per heavy atom. The van der Waals surface area contributed by atoms with Gasteiger partial charge in [0.2, 0.25) is 10.0 Å². The number of sulfonamides is 1. The number of benzene rings is 2. The maximum absolute atomic E-state index is 13.2. The molecule has 2 aliphatic heterocycles. The van der Waals surface area contributed by atoms with E-state index in [0.717, 1.165) is 0 Å². The summed E-state index contributed by atoms with van der Waals surface area (Å²) in [6.45, 7) is 0. The molecule has 2 atom stereocenters. The molecule has 2 aromatic carbocycles. The Labute approximate surface area is 164 Å². The summed E-state index contributed by atoms with van der Waals surface area (Å²) < 4.78 is 53.9. The van der Waals surface area contributed by atoms with Crippen molar-refractivity contribution in [2.24, 2.45) is 0 Å². The smallest absolute Gasteiger partial charge is 0.223 e. The second-order valence-corrected chi connectivity index (χ2v) is 11.5. The van der Waals surface area contributed by atoms with Crippen LogP contribution in [0.4, 0.5) is 0 Å². The van der Waals surface area contributed by atoms with Gasteiger partial charge in [0.1, 0.15) is 4.90 Å². The summed E-state index contributed by atoms with van der Waals surface area (Å²) in [6.07, 6.45) is 1.99. The summed E-state index contributed by atoms with van der Waals surface area (Å²) in [5.41, 5.74) is 0. The van der Waals surface area contributed by atoms with Crippen molar-refractivity contribution >= 4 is 31.5 Å². The van der Waals surface area contributed by atoms with E-state index >= 15 is 0 Å². The van der Waals surface area contributed by atoms with Crippen molar-refractivity contribution in [1.29, 1.82) is 0 Å². The summed E-state index contributed by atoms with van der Waals surface area (Å²) in [5, 5.41) is -0.369. The summed E-state index contributed by atoms with van der Waals surface area (Å²) in [7, 11) is -7.23. The lowest BCUT2D eigenvalue weighted by atomic mass is 10.1. The number of piperidine rings is 1. The molecular formula is C19H20ClNO4S2. The lowest BCUT2D eigenvalue weighted by Gasteiger charge is -2.37. The minimum Gasteiger partial charge on any atom is -0.223 e. The van der Waals surface area contributed by atoms with E-state index < -0.39 is 25.1 Å². The van der Waals surface area contributed by atoms with E-state index in [1.54, 1.807) is 48.5 Å². The van der Waals surface area contributed by atoms with E-state index in [1.807, 2.05) is 0 Å². The molecule has 144 valence electrons. The van der Waals surface area contributed by atoms with Crippen LogP contribution in [0.5, 0.6) is 0 Å². The van der Waals surface area contributed by atoms with Gasteiger partial charge < -0.3 is 0 Å². The largest absolute Gasteiger partial charge is 0.245 e. The first-order valence-corrected chi connectivity index (χ1v) is 12.3. The van der Waals surface area contributed by atoms with E-state index in [1.165, 1.54) is 10.4 Å². The van der Waals surface area contributed by atoms with Crippen LogP contribution in [0.1, 0.15) is 25.7 Å². The van der Waals surface area contributed by atoms with E-state index in [-0.39, 0.29) is 22.0 Å². The van der Waals surface area contributed by atoms with Gasteiger partial charge in [-0.25, -0.2) is 16.8 Å². The zero-order valence-electron chi connectivity index (χ0n) is 14.5. The van der Waals surface area contributed by atoms with Crippen LogP contribution in [0.25, 0.3) is 0 Å². The molecule has 27 heavy (non-hydrogen) atoms. The average Bonchev–Trinajstić information content (AvgIpc) is 2.94. The van der Waals surface area contributed by atoms with Crippen molar-refractivity contribution in [3.05, 3.63) is 59.6 Å². The number of sulfone groups is 1. The topological polar surface area (TPSA) is 71.5 Å². The minimum atomic E-state index is -3.76. The molecule has 2 saturated heterocycles. The molecule has 2 bridgehead atoms. The van der Waals surface area contributed by atoms with Crippen molar-refractivity contribution in [2.45, 2.75) is 52.8 Å². The molecule has 2 heterocycles. The monoisotopic (exact) mass is 425 g/mol. The lowest BCUT2D eigenvalue weighted by Crippen LogP contribution is -2.49. The van der Waals surface area contributed by atoms with Gasteiger partial charge in [-0.15, -0.1) is 0 Å². The number of fused-ring (bicyclic) bond motifs is 2. The maximum atomic E-state index is 13.2. The highest BCUT2D eigenvalue weighted by atomic mass is 35.5. The molecule has 0 saturated carbocycles. The van der Waals surface area contributed by atoms with Gasteiger partial charge in [-0.3, -0.25) is 0 Å². The first-order valence-electron chi connectivity index (χ1n) is 8.89. The van der Waals surface area contributed by atoms with E-state index in [9.17, 15) is 16.8 Å². The summed E-state index contributed by atoms with van der Waals surface area (Å²) in [4.78, 5) is 0.393. The molecule has 4 rings (SSSR count). The SMILES string of the molecule is O=S(=O)(c1ccccc1)C1CC2CCC(C1)N2S(=O)(=O)c1ccccc1Cl. The first kappa shape index (κ1) is 18.9. The van der Waals surface area contributed by atoms with Crippen molar-refractivity contribution in [1.82, 2.24) is 4.31 Å². The number of hydrogen-bond donors (Lipinski definition) is 0. The van der Waals surface area contributed by atoms with Crippen LogP contribution in [0, 0.1) is 0 Å². The molecule has 0 spiro atoms. The van der Waals surface area contributed by atoms with Crippen LogP contribution in [-0.2, 0) is 19.9 Å². The zero-order chi connectivity index (χ0) is 19.2. The van der Waals surface area contributed by atoms with E-state index in [0.29, 0.717) is 30.6 Å². The molecule has 0 amide bonds.